The summed E-state index contributed by atoms with van der Waals surface area (Å²) in [5.74, 6) is 3.53. The quantitative estimate of drug-likeness (QED) is 0.241. The summed E-state index contributed by atoms with van der Waals surface area (Å²) < 4.78 is 12.6. The van der Waals surface area contributed by atoms with Crippen LogP contribution in [0.4, 0.5) is 5.88 Å². The van der Waals surface area contributed by atoms with E-state index in [9.17, 15) is 0 Å². The molecule has 6 heteroatoms. The molecule has 200 valence electrons. The standard InChI is InChI=1S/C36H24N4O2/c1-2-9-21(10-3-1)33-38-34(23-17-18-25-24-12-5-7-15-29(24)41-31(25)20-23)40-35(39-33)26-13-8-16-30-32(26)27-19-22-11-4-6-14-28(22)37-36(27)42-30/h1-12,14-20,26,28,37H,13H2. The lowest BCUT2D eigenvalue weighted by atomic mass is 9.85. The summed E-state index contributed by atoms with van der Waals surface area (Å²) in [6.07, 6.45) is 15.6. The van der Waals surface area contributed by atoms with Crippen LogP contribution in [0.5, 0.6) is 0 Å². The molecule has 2 aliphatic carbocycles. The minimum Gasteiger partial charge on any atom is -0.456 e. The minimum absolute atomic E-state index is 0.0880. The smallest absolute Gasteiger partial charge is 0.201 e. The Morgan fingerprint density at radius 1 is 0.738 bits per heavy atom. The molecule has 3 aromatic heterocycles. The minimum atomic E-state index is -0.0880. The van der Waals surface area contributed by atoms with Crippen molar-refractivity contribution in [1.29, 1.82) is 0 Å². The van der Waals surface area contributed by atoms with Gasteiger partial charge in [0.05, 0.1) is 12.0 Å². The van der Waals surface area contributed by atoms with E-state index in [0.717, 1.165) is 68.1 Å². The van der Waals surface area contributed by atoms with Gasteiger partial charge in [-0.25, -0.2) is 15.0 Å². The molecule has 42 heavy (non-hydrogen) atoms. The van der Waals surface area contributed by atoms with Crippen molar-refractivity contribution in [1.82, 2.24) is 15.0 Å². The Hall–Kier alpha value is -5.49. The van der Waals surface area contributed by atoms with Crippen LogP contribution >= 0.6 is 0 Å². The maximum Gasteiger partial charge on any atom is 0.201 e. The van der Waals surface area contributed by atoms with Crippen LogP contribution in [0.25, 0.3) is 56.9 Å². The fourth-order valence-electron chi connectivity index (χ4n) is 6.26. The number of para-hydroxylation sites is 1. The molecule has 1 aliphatic heterocycles. The van der Waals surface area contributed by atoms with Gasteiger partial charge in [0.2, 0.25) is 5.88 Å². The predicted octanol–water partition coefficient (Wildman–Crippen LogP) is 8.55. The highest BCUT2D eigenvalue weighted by atomic mass is 16.4. The zero-order valence-corrected chi connectivity index (χ0v) is 22.5. The molecule has 6 aromatic rings. The summed E-state index contributed by atoms with van der Waals surface area (Å²) >= 11 is 0. The molecule has 3 aromatic carbocycles. The zero-order chi connectivity index (χ0) is 27.6. The average Bonchev–Trinajstić information content (AvgIpc) is 3.61. The van der Waals surface area contributed by atoms with Crippen LogP contribution in [0.1, 0.15) is 35.1 Å². The number of hydrogen-bond donors (Lipinski definition) is 1. The van der Waals surface area contributed by atoms with E-state index in [0.29, 0.717) is 11.6 Å². The Morgan fingerprint density at radius 3 is 2.50 bits per heavy atom. The van der Waals surface area contributed by atoms with Gasteiger partial charge in [-0.2, -0.15) is 0 Å². The largest absolute Gasteiger partial charge is 0.456 e. The van der Waals surface area contributed by atoms with E-state index in [4.69, 9.17) is 23.8 Å². The van der Waals surface area contributed by atoms with Gasteiger partial charge in [-0.05, 0) is 42.3 Å². The van der Waals surface area contributed by atoms with E-state index in [2.05, 4.69) is 66.0 Å². The van der Waals surface area contributed by atoms with Gasteiger partial charge in [-0.1, -0.05) is 85.0 Å². The third kappa shape index (κ3) is 3.62. The van der Waals surface area contributed by atoms with Crippen molar-refractivity contribution < 1.29 is 8.83 Å². The highest BCUT2D eigenvalue weighted by molar-refractivity contribution is 6.05. The molecule has 4 heterocycles. The van der Waals surface area contributed by atoms with E-state index >= 15 is 0 Å². The van der Waals surface area contributed by atoms with Crippen LogP contribution in [0, 0.1) is 0 Å². The summed E-state index contributed by atoms with van der Waals surface area (Å²) in [6, 6.07) is 24.5. The number of fused-ring (bicyclic) bond motifs is 7. The van der Waals surface area contributed by atoms with Crippen molar-refractivity contribution in [3.8, 4) is 22.8 Å². The molecular weight excluding hydrogens is 520 g/mol. The summed E-state index contributed by atoms with van der Waals surface area (Å²) in [5.41, 5.74) is 6.89. The predicted molar refractivity (Wildman–Crippen MR) is 166 cm³/mol. The molecule has 0 fully saturated rings. The second kappa shape index (κ2) is 9.01. The van der Waals surface area contributed by atoms with Crippen LogP contribution < -0.4 is 5.32 Å². The van der Waals surface area contributed by atoms with Gasteiger partial charge in [0.15, 0.2) is 11.6 Å². The van der Waals surface area contributed by atoms with Crippen LogP contribution in [0.2, 0.25) is 0 Å². The van der Waals surface area contributed by atoms with Crippen molar-refractivity contribution in [2.24, 2.45) is 0 Å². The first-order chi connectivity index (χ1) is 20.8. The number of aromatic nitrogens is 3. The fraction of sp³-hybridized carbons (Fsp3) is 0.0833. The molecule has 0 radical (unpaired) electrons. The Kier molecular flexibility index (Phi) is 4.99. The number of hydrogen-bond acceptors (Lipinski definition) is 6. The molecule has 0 saturated carbocycles. The Labute approximate surface area is 241 Å². The highest BCUT2D eigenvalue weighted by Crippen LogP contribution is 2.45. The molecule has 0 amide bonds. The Bertz CT molecular complexity index is 2160. The second-order valence-electron chi connectivity index (χ2n) is 10.8. The third-order valence-electron chi connectivity index (χ3n) is 8.30. The molecule has 9 rings (SSSR count). The number of benzene rings is 3. The molecule has 0 saturated heterocycles. The van der Waals surface area contributed by atoms with E-state index in [-0.39, 0.29) is 12.0 Å². The van der Waals surface area contributed by atoms with E-state index in [1.807, 2.05) is 54.6 Å². The average molecular weight is 545 g/mol. The van der Waals surface area contributed by atoms with Crippen LogP contribution in [-0.4, -0.2) is 21.0 Å². The van der Waals surface area contributed by atoms with Gasteiger partial charge in [0.25, 0.3) is 0 Å². The van der Waals surface area contributed by atoms with Gasteiger partial charge in [-0.3, -0.25) is 0 Å². The first-order valence-corrected chi connectivity index (χ1v) is 14.2. The van der Waals surface area contributed by atoms with Crippen molar-refractivity contribution in [2.45, 2.75) is 18.4 Å². The molecular formula is C36H24N4O2. The number of furan rings is 2. The zero-order valence-electron chi connectivity index (χ0n) is 22.5. The number of rotatable bonds is 3. The number of nitrogens with zero attached hydrogens (tertiary/aromatic N) is 3. The van der Waals surface area contributed by atoms with Crippen molar-refractivity contribution in [3.05, 3.63) is 131 Å². The summed E-state index contributed by atoms with van der Waals surface area (Å²) in [5, 5.41) is 5.73. The topological polar surface area (TPSA) is 77.0 Å². The molecule has 0 spiro atoms. The molecule has 2 atom stereocenters. The van der Waals surface area contributed by atoms with Gasteiger partial charge in [-0.15, -0.1) is 0 Å². The second-order valence-corrected chi connectivity index (χ2v) is 10.8. The van der Waals surface area contributed by atoms with E-state index < -0.39 is 0 Å². The SMILES string of the molecule is C1=CC2=Cc3c(oc4c3C(c3nc(-c5ccccc5)nc(-c5ccc6c(c5)oc5ccccc56)n3)CC=C4)NC2C=C1. The van der Waals surface area contributed by atoms with E-state index in [1.54, 1.807) is 0 Å². The molecule has 2 unspecified atom stereocenters. The van der Waals surface area contributed by atoms with Crippen molar-refractivity contribution in [2.75, 3.05) is 5.32 Å². The lowest BCUT2D eigenvalue weighted by Crippen LogP contribution is -2.23. The normalized spacial score (nSPS) is 18.4. The van der Waals surface area contributed by atoms with Crippen LogP contribution in [0.3, 0.4) is 0 Å². The van der Waals surface area contributed by atoms with Crippen LogP contribution in [0.15, 0.2) is 118 Å². The maximum absolute atomic E-state index is 6.35. The van der Waals surface area contributed by atoms with Gasteiger partial charge in [0, 0.05) is 33.0 Å². The van der Waals surface area contributed by atoms with Crippen molar-refractivity contribution >= 4 is 40.0 Å². The van der Waals surface area contributed by atoms with Crippen LogP contribution in [-0.2, 0) is 0 Å². The summed E-state index contributed by atoms with van der Waals surface area (Å²) in [6.45, 7) is 0. The number of anilines is 1. The summed E-state index contributed by atoms with van der Waals surface area (Å²) in [4.78, 5) is 15.2. The molecule has 3 aliphatic rings. The molecule has 0 bridgehead atoms. The highest BCUT2D eigenvalue weighted by Gasteiger charge is 2.33. The fourth-order valence-corrected chi connectivity index (χ4v) is 6.26. The third-order valence-corrected chi connectivity index (χ3v) is 8.30. The van der Waals surface area contributed by atoms with Gasteiger partial charge >= 0.3 is 0 Å². The first-order valence-electron chi connectivity index (χ1n) is 14.2. The Morgan fingerprint density at radius 2 is 1.57 bits per heavy atom. The molecule has 1 N–H and O–H groups in total. The Balaban J connectivity index is 1.22. The maximum atomic E-state index is 6.35. The number of nitrogens with one attached hydrogen (secondary N) is 1. The van der Waals surface area contributed by atoms with Crippen molar-refractivity contribution in [3.63, 3.8) is 0 Å². The lowest BCUT2D eigenvalue weighted by molar-refractivity contribution is 0.554. The van der Waals surface area contributed by atoms with Gasteiger partial charge < -0.3 is 14.2 Å². The number of allylic oxidation sites excluding steroid dienone is 3. The van der Waals surface area contributed by atoms with Gasteiger partial charge in [0.1, 0.15) is 22.8 Å². The lowest BCUT2D eigenvalue weighted by Gasteiger charge is -2.24. The van der Waals surface area contributed by atoms with E-state index in [1.165, 1.54) is 5.57 Å². The summed E-state index contributed by atoms with van der Waals surface area (Å²) in [7, 11) is 0. The monoisotopic (exact) mass is 544 g/mol. The first kappa shape index (κ1) is 23.2. The molecule has 6 nitrogen and oxygen atoms in total.